The number of aryl methyl sites for hydroxylation is 1. The van der Waals surface area contributed by atoms with Crippen LogP contribution in [0.3, 0.4) is 0 Å². The normalized spacial score (nSPS) is 14.5. The van der Waals surface area contributed by atoms with Gasteiger partial charge in [-0.1, -0.05) is 29.8 Å². The minimum Gasteiger partial charge on any atom is -0.323 e. The second-order valence-electron chi connectivity index (χ2n) is 5.67. The van der Waals surface area contributed by atoms with Crippen LogP contribution in [0.25, 0.3) is 0 Å². The van der Waals surface area contributed by atoms with E-state index in [1.54, 1.807) is 36.4 Å². The quantitative estimate of drug-likeness (QED) is 0.870. The van der Waals surface area contributed by atoms with E-state index in [2.05, 4.69) is 5.32 Å². The van der Waals surface area contributed by atoms with E-state index >= 15 is 0 Å². The Labute approximate surface area is 144 Å². The van der Waals surface area contributed by atoms with Crippen molar-refractivity contribution in [2.24, 2.45) is 0 Å². The average molecular weight is 343 g/mol. The number of hydrogen-bond acceptors (Lipinski definition) is 3. The Hall–Kier alpha value is -2.66. The molecule has 1 heterocycles. The molecule has 0 bridgehead atoms. The highest BCUT2D eigenvalue weighted by molar-refractivity contribution is 6.34. The number of anilines is 1. The molecule has 1 atom stereocenters. The summed E-state index contributed by atoms with van der Waals surface area (Å²) in [6.07, 6.45) is 0. The summed E-state index contributed by atoms with van der Waals surface area (Å²) in [6, 6.07) is 10.8. The highest BCUT2D eigenvalue weighted by atomic mass is 35.5. The number of carbonyl (C=O) groups is 3. The number of amides is 3. The standard InChI is InChI=1S/C18H15ClN2O3/c1-10-7-8-15(14(19)9-10)20-16(22)11(2)21-17(23)12-5-3-4-6-13(12)18(21)24/h3-9,11H,1-2H3,(H,20,22). The molecule has 1 aliphatic rings. The van der Waals surface area contributed by atoms with E-state index in [0.29, 0.717) is 21.8 Å². The molecule has 122 valence electrons. The molecule has 2 aromatic carbocycles. The van der Waals surface area contributed by atoms with Gasteiger partial charge in [0.2, 0.25) is 5.91 Å². The highest BCUT2D eigenvalue weighted by Crippen LogP contribution is 2.26. The lowest BCUT2D eigenvalue weighted by atomic mass is 10.1. The third-order valence-corrected chi connectivity index (χ3v) is 4.29. The third-order valence-electron chi connectivity index (χ3n) is 3.97. The SMILES string of the molecule is Cc1ccc(NC(=O)C(C)N2C(=O)c3ccccc3C2=O)c(Cl)c1. The Morgan fingerprint density at radius 1 is 1.08 bits per heavy atom. The monoisotopic (exact) mass is 342 g/mol. The minimum absolute atomic E-state index is 0.315. The molecule has 1 unspecified atom stereocenters. The fraction of sp³-hybridized carbons (Fsp3) is 0.167. The van der Waals surface area contributed by atoms with E-state index in [1.165, 1.54) is 6.92 Å². The maximum Gasteiger partial charge on any atom is 0.262 e. The van der Waals surface area contributed by atoms with E-state index < -0.39 is 23.8 Å². The van der Waals surface area contributed by atoms with E-state index in [-0.39, 0.29) is 0 Å². The van der Waals surface area contributed by atoms with Gasteiger partial charge in [0.25, 0.3) is 11.8 Å². The van der Waals surface area contributed by atoms with Crippen LogP contribution in [0.1, 0.15) is 33.2 Å². The number of nitrogens with zero attached hydrogens (tertiary/aromatic N) is 1. The highest BCUT2D eigenvalue weighted by Gasteiger charge is 2.40. The van der Waals surface area contributed by atoms with Crippen LogP contribution in [-0.2, 0) is 4.79 Å². The third kappa shape index (κ3) is 2.67. The van der Waals surface area contributed by atoms with E-state index in [4.69, 9.17) is 11.6 Å². The predicted molar refractivity (Wildman–Crippen MR) is 91.2 cm³/mol. The Kier molecular flexibility index (Phi) is 4.11. The minimum atomic E-state index is -0.949. The zero-order chi connectivity index (χ0) is 17.4. The number of halogens is 1. The molecule has 24 heavy (non-hydrogen) atoms. The molecule has 0 fully saturated rings. The van der Waals surface area contributed by atoms with Gasteiger partial charge in [0.05, 0.1) is 21.8 Å². The van der Waals surface area contributed by atoms with Crippen LogP contribution in [-0.4, -0.2) is 28.7 Å². The molecule has 0 saturated carbocycles. The van der Waals surface area contributed by atoms with Gasteiger partial charge >= 0.3 is 0 Å². The summed E-state index contributed by atoms with van der Waals surface area (Å²) in [6.45, 7) is 3.40. The summed E-state index contributed by atoms with van der Waals surface area (Å²) in [7, 11) is 0. The van der Waals surface area contributed by atoms with Gasteiger partial charge in [-0.3, -0.25) is 19.3 Å². The van der Waals surface area contributed by atoms with Gasteiger partial charge in [-0.25, -0.2) is 0 Å². The first-order chi connectivity index (χ1) is 11.4. The van der Waals surface area contributed by atoms with Crippen LogP contribution in [0.15, 0.2) is 42.5 Å². The Morgan fingerprint density at radius 3 is 2.21 bits per heavy atom. The molecule has 2 aromatic rings. The summed E-state index contributed by atoms with van der Waals surface area (Å²) in [5.41, 5.74) is 2.04. The fourth-order valence-corrected chi connectivity index (χ4v) is 2.92. The Balaban J connectivity index is 1.82. The van der Waals surface area contributed by atoms with Gasteiger partial charge in [-0.15, -0.1) is 0 Å². The smallest absolute Gasteiger partial charge is 0.262 e. The molecule has 0 spiro atoms. The first-order valence-electron chi connectivity index (χ1n) is 7.44. The summed E-state index contributed by atoms with van der Waals surface area (Å²) in [4.78, 5) is 38.3. The molecular formula is C18H15ClN2O3. The second kappa shape index (κ2) is 6.09. The lowest BCUT2D eigenvalue weighted by Crippen LogP contribution is -2.45. The number of rotatable bonds is 3. The number of imide groups is 1. The number of hydrogen-bond donors (Lipinski definition) is 1. The average Bonchev–Trinajstić information content (AvgIpc) is 2.81. The van der Waals surface area contributed by atoms with Crippen molar-refractivity contribution in [2.45, 2.75) is 19.9 Å². The summed E-state index contributed by atoms with van der Waals surface area (Å²) >= 11 is 6.11. The lowest BCUT2D eigenvalue weighted by Gasteiger charge is -2.22. The molecule has 0 radical (unpaired) electrons. The maximum absolute atomic E-state index is 12.5. The first-order valence-corrected chi connectivity index (χ1v) is 7.82. The van der Waals surface area contributed by atoms with Gasteiger partial charge in [0.1, 0.15) is 6.04 Å². The van der Waals surface area contributed by atoms with Crippen LogP contribution in [0.5, 0.6) is 0 Å². The second-order valence-corrected chi connectivity index (χ2v) is 6.08. The molecule has 0 saturated heterocycles. The van der Waals surface area contributed by atoms with Crippen molar-refractivity contribution in [1.29, 1.82) is 0 Å². The molecular weight excluding hydrogens is 328 g/mol. The van der Waals surface area contributed by atoms with Crippen molar-refractivity contribution in [1.82, 2.24) is 4.90 Å². The van der Waals surface area contributed by atoms with Crippen LogP contribution in [0.2, 0.25) is 5.02 Å². The summed E-state index contributed by atoms with van der Waals surface area (Å²) in [5.74, 6) is -1.41. The van der Waals surface area contributed by atoms with Crippen LogP contribution in [0.4, 0.5) is 5.69 Å². The number of benzene rings is 2. The van der Waals surface area contributed by atoms with Crippen molar-refractivity contribution in [3.05, 3.63) is 64.2 Å². The topological polar surface area (TPSA) is 66.5 Å². The van der Waals surface area contributed by atoms with Gasteiger partial charge < -0.3 is 5.32 Å². The van der Waals surface area contributed by atoms with Crippen LogP contribution in [0, 0.1) is 6.92 Å². The van der Waals surface area contributed by atoms with Crippen molar-refractivity contribution in [3.8, 4) is 0 Å². The first kappa shape index (κ1) is 16.2. The molecule has 3 amide bonds. The van der Waals surface area contributed by atoms with Crippen molar-refractivity contribution in [2.75, 3.05) is 5.32 Å². The van der Waals surface area contributed by atoms with Crippen molar-refractivity contribution in [3.63, 3.8) is 0 Å². The molecule has 1 aliphatic heterocycles. The molecule has 6 heteroatoms. The van der Waals surface area contributed by atoms with E-state index in [0.717, 1.165) is 10.5 Å². The number of carbonyl (C=O) groups excluding carboxylic acids is 3. The fourth-order valence-electron chi connectivity index (χ4n) is 2.64. The zero-order valence-electron chi connectivity index (χ0n) is 13.2. The van der Waals surface area contributed by atoms with Gasteiger partial charge in [0.15, 0.2) is 0 Å². The maximum atomic E-state index is 12.5. The molecule has 1 N–H and O–H groups in total. The van der Waals surface area contributed by atoms with E-state index in [1.807, 2.05) is 13.0 Å². The predicted octanol–water partition coefficient (Wildman–Crippen LogP) is 3.27. The molecule has 3 rings (SSSR count). The van der Waals surface area contributed by atoms with E-state index in [9.17, 15) is 14.4 Å². The van der Waals surface area contributed by atoms with Gasteiger partial charge in [-0.05, 0) is 43.7 Å². The zero-order valence-corrected chi connectivity index (χ0v) is 13.9. The Bertz CT molecular complexity index is 828. The van der Waals surface area contributed by atoms with Gasteiger partial charge in [0, 0.05) is 0 Å². The Morgan fingerprint density at radius 2 is 1.67 bits per heavy atom. The molecule has 0 aromatic heterocycles. The van der Waals surface area contributed by atoms with Crippen LogP contribution < -0.4 is 5.32 Å². The largest absolute Gasteiger partial charge is 0.323 e. The summed E-state index contributed by atoms with van der Waals surface area (Å²) in [5, 5.41) is 3.07. The molecule has 0 aliphatic carbocycles. The van der Waals surface area contributed by atoms with Crippen molar-refractivity contribution >= 4 is 35.0 Å². The number of nitrogens with one attached hydrogen (secondary N) is 1. The van der Waals surface area contributed by atoms with Crippen molar-refractivity contribution < 1.29 is 14.4 Å². The summed E-state index contributed by atoms with van der Waals surface area (Å²) < 4.78 is 0. The van der Waals surface area contributed by atoms with Gasteiger partial charge in [-0.2, -0.15) is 0 Å². The lowest BCUT2D eigenvalue weighted by molar-refractivity contribution is -0.119. The van der Waals surface area contributed by atoms with Crippen LogP contribution >= 0.6 is 11.6 Å². The molecule has 5 nitrogen and oxygen atoms in total. The number of fused-ring (bicyclic) bond motifs is 1.